The minimum atomic E-state index is -0.351. The first kappa shape index (κ1) is 15.8. The second-order valence-electron chi connectivity index (χ2n) is 5.61. The molecule has 1 aromatic heterocycles. The highest BCUT2D eigenvalue weighted by atomic mass is 35.5. The quantitative estimate of drug-likeness (QED) is 0.808. The van der Waals surface area contributed by atoms with Crippen LogP contribution >= 0.6 is 11.6 Å². The van der Waals surface area contributed by atoms with Crippen molar-refractivity contribution in [3.8, 4) is 0 Å². The van der Waals surface area contributed by atoms with E-state index in [-0.39, 0.29) is 11.5 Å². The van der Waals surface area contributed by atoms with Gasteiger partial charge in [-0.25, -0.2) is 4.79 Å². The van der Waals surface area contributed by atoms with E-state index < -0.39 is 0 Å². The molecule has 0 fully saturated rings. The largest absolute Gasteiger partial charge is 0.462 e. The molecule has 5 heteroatoms. The molecule has 4 nitrogen and oxygen atoms in total. The van der Waals surface area contributed by atoms with E-state index in [0.29, 0.717) is 35.7 Å². The molecule has 120 valence electrons. The van der Waals surface area contributed by atoms with Crippen LogP contribution in [0.1, 0.15) is 40.5 Å². The Labute approximate surface area is 139 Å². The van der Waals surface area contributed by atoms with Gasteiger partial charge in [-0.2, -0.15) is 0 Å². The molecular weight excluding hydrogens is 314 g/mol. The number of hydrogen-bond donors (Lipinski definition) is 0. The van der Waals surface area contributed by atoms with E-state index >= 15 is 0 Å². The minimum Gasteiger partial charge on any atom is -0.462 e. The van der Waals surface area contributed by atoms with Gasteiger partial charge >= 0.3 is 5.97 Å². The second kappa shape index (κ2) is 6.59. The second-order valence-corrected chi connectivity index (χ2v) is 6.05. The van der Waals surface area contributed by atoms with E-state index in [4.69, 9.17) is 16.3 Å². The van der Waals surface area contributed by atoms with Crippen molar-refractivity contribution in [2.45, 2.75) is 32.7 Å². The van der Waals surface area contributed by atoms with Gasteiger partial charge < -0.3 is 9.30 Å². The minimum absolute atomic E-state index is 0.0134. The third-order valence-corrected chi connectivity index (χ3v) is 4.33. The summed E-state index contributed by atoms with van der Waals surface area (Å²) in [7, 11) is 0. The number of benzene rings is 1. The van der Waals surface area contributed by atoms with Gasteiger partial charge in [-0.15, -0.1) is 0 Å². The summed E-state index contributed by atoms with van der Waals surface area (Å²) in [6.07, 6.45) is 2.10. The summed E-state index contributed by atoms with van der Waals surface area (Å²) >= 11 is 5.90. The van der Waals surface area contributed by atoms with Crippen LogP contribution in [0.25, 0.3) is 0 Å². The molecule has 0 saturated heterocycles. The lowest BCUT2D eigenvalue weighted by Crippen LogP contribution is -2.26. The van der Waals surface area contributed by atoms with Gasteiger partial charge in [0.2, 0.25) is 0 Å². The van der Waals surface area contributed by atoms with Crippen LogP contribution in [0.3, 0.4) is 0 Å². The molecule has 23 heavy (non-hydrogen) atoms. The number of carbonyl (C=O) groups excluding carboxylic acids is 1. The number of hydrogen-bond acceptors (Lipinski definition) is 3. The fraction of sp³-hybridized carbons (Fsp3) is 0.333. The van der Waals surface area contributed by atoms with Crippen molar-refractivity contribution in [3.05, 3.63) is 68.1 Å². The molecule has 1 aliphatic heterocycles. The molecule has 0 radical (unpaired) electrons. The molecule has 0 N–H and O–H groups in total. The number of halogens is 1. The fourth-order valence-electron chi connectivity index (χ4n) is 3.01. The highest BCUT2D eigenvalue weighted by molar-refractivity contribution is 6.30. The maximum Gasteiger partial charge on any atom is 0.339 e. The molecule has 0 aliphatic carbocycles. The standard InChI is InChI=1S/C18H18ClNO3/c1-2-23-18(22)15-11-13(10-12-5-7-14(19)8-6-12)17(21)20-9-3-4-16(15)20/h5-8,11H,2-4,9-10H2,1H3. The Morgan fingerprint density at radius 3 is 2.74 bits per heavy atom. The van der Waals surface area contributed by atoms with Crippen molar-refractivity contribution in [2.75, 3.05) is 6.61 Å². The van der Waals surface area contributed by atoms with E-state index in [2.05, 4.69) is 0 Å². The van der Waals surface area contributed by atoms with E-state index in [0.717, 1.165) is 24.1 Å². The first-order chi connectivity index (χ1) is 11.1. The van der Waals surface area contributed by atoms with Gasteiger partial charge in [0.15, 0.2) is 0 Å². The number of nitrogens with zero attached hydrogens (tertiary/aromatic N) is 1. The molecule has 2 aromatic rings. The zero-order valence-corrected chi connectivity index (χ0v) is 13.7. The van der Waals surface area contributed by atoms with Gasteiger partial charge in [0, 0.05) is 29.2 Å². The van der Waals surface area contributed by atoms with Crippen molar-refractivity contribution in [3.63, 3.8) is 0 Å². The summed E-state index contributed by atoms with van der Waals surface area (Å²) in [6.45, 7) is 2.76. The number of pyridine rings is 1. The molecule has 1 aliphatic rings. The summed E-state index contributed by atoms with van der Waals surface area (Å²) in [5.41, 5.74) is 2.91. The molecule has 0 saturated carbocycles. The SMILES string of the molecule is CCOC(=O)c1cc(Cc2ccc(Cl)cc2)c(=O)n2c1CCC2. The van der Waals surface area contributed by atoms with Crippen molar-refractivity contribution in [1.82, 2.24) is 4.57 Å². The van der Waals surface area contributed by atoms with Crippen LogP contribution in [0.5, 0.6) is 0 Å². The lowest BCUT2D eigenvalue weighted by molar-refractivity contribution is 0.0524. The van der Waals surface area contributed by atoms with Gasteiger partial charge in [0.1, 0.15) is 0 Å². The predicted molar refractivity (Wildman–Crippen MR) is 89.2 cm³/mol. The zero-order valence-electron chi connectivity index (χ0n) is 13.0. The molecule has 0 unspecified atom stereocenters. The van der Waals surface area contributed by atoms with Gasteiger partial charge in [-0.05, 0) is 43.5 Å². The zero-order chi connectivity index (χ0) is 16.4. The van der Waals surface area contributed by atoms with Crippen molar-refractivity contribution >= 4 is 17.6 Å². The average Bonchev–Trinajstić information content (AvgIpc) is 3.02. The lowest BCUT2D eigenvalue weighted by atomic mass is 10.0. The van der Waals surface area contributed by atoms with Crippen LogP contribution in [-0.2, 0) is 24.1 Å². The first-order valence-corrected chi connectivity index (χ1v) is 8.15. The van der Waals surface area contributed by atoms with Gasteiger partial charge in [0.05, 0.1) is 12.2 Å². The Morgan fingerprint density at radius 1 is 1.30 bits per heavy atom. The Morgan fingerprint density at radius 2 is 2.04 bits per heavy atom. The topological polar surface area (TPSA) is 48.3 Å². The monoisotopic (exact) mass is 331 g/mol. The van der Waals surface area contributed by atoms with E-state index in [1.54, 1.807) is 29.7 Å². The van der Waals surface area contributed by atoms with Crippen LogP contribution < -0.4 is 5.56 Å². The van der Waals surface area contributed by atoms with Crippen molar-refractivity contribution in [2.24, 2.45) is 0 Å². The molecular formula is C18H18ClNO3. The summed E-state index contributed by atoms with van der Waals surface area (Å²) in [5.74, 6) is -0.351. The summed E-state index contributed by atoms with van der Waals surface area (Å²) in [4.78, 5) is 24.9. The number of aromatic nitrogens is 1. The fourth-order valence-corrected chi connectivity index (χ4v) is 3.13. The highest BCUT2D eigenvalue weighted by Gasteiger charge is 2.23. The van der Waals surface area contributed by atoms with Crippen LogP contribution in [0.4, 0.5) is 0 Å². The third kappa shape index (κ3) is 3.17. The van der Waals surface area contributed by atoms with Crippen LogP contribution in [0, 0.1) is 0 Å². The number of esters is 1. The number of ether oxygens (including phenoxy) is 1. The van der Waals surface area contributed by atoms with Crippen molar-refractivity contribution in [1.29, 1.82) is 0 Å². The molecule has 3 rings (SSSR count). The Balaban J connectivity index is 2.03. The highest BCUT2D eigenvalue weighted by Crippen LogP contribution is 2.20. The summed E-state index contributed by atoms with van der Waals surface area (Å²) in [6, 6.07) is 9.09. The molecule has 0 atom stereocenters. The Hall–Kier alpha value is -2.07. The molecule has 0 spiro atoms. The first-order valence-electron chi connectivity index (χ1n) is 7.77. The smallest absolute Gasteiger partial charge is 0.339 e. The van der Waals surface area contributed by atoms with Gasteiger partial charge in [-0.3, -0.25) is 4.79 Å². The van der Waals surface area contributed by atoms with E-state index in [1.807, 2.05) is 12.1 Å². The average molecular weight is 332 g/mol. The van der Waals surface area contributed by atoms with Gasteiger partial charge in [0.25, 0.3) is 5.56 Å². The normalized spacial score (nSPS) is 13.0. The molecule has 1 aromatic carbocycles. The number of fused-ring (bicyclic) bond motifs is 1. The summed E-state index contributed by atoms with van der Waals surface area (Å²) in [5, 5.41) is 0.659. The molecule has 2 heterocycles. The predicted octanol–water partition coefficient (Wildman–Crippen LogP) is 3.22. The molecule has 0 amide bonds. The lowest BCUT2D eigenvalue weighted by Gasteiger charge is -2.12. The van der Waals surface area contributed by atoms with Crippen LogP contribution in [0.15, 0.2) is 35.1 Å². The van der Waals surface area contributed by atoms with Crippen LogP contribution in [0.2, 0.25) is 5.02 Å². The van der Waals surface area contributed by atoms with Crippen LogP contribution in [-0.4, -0.2) is 17.1 Å². The number of carbonyl (C=O) groups is 1. The summed E-state index contributed by atoms with van der Waals surface area (Å²) < 4.78 is 6.86. The van der Waals surface area contributed by atoms with Gasteiger partial charge in [-0.1, -0.05) is 23.7 Å². The van der Waals surface area contributed by atoms with E-state index in [1.165, 1.54) is 0 Å². The number of rotatable bonds is 4. The van der Waals surface area contributed by atoms with Crippen molar-refractivity contribution < 1.29 is 9.53 Å². The Bertz CT molecular complexity index is 793. The third-order valence-electron chi connectivity index (χ3n) is 4.07. The molecule has 0 bridgehead atoms. The Kier molecular flexibility index (Phi) is 4.53. The van der Waals surface area contributed by atoms with E-state index in [9.17, 15) is 9.59 Å². The maximum absolute atomic E-state index is 12.6. The maximum atomic E-state index is 12.6.